The molecule has 0 saturated carbocycles. The molecule has 0 atom stereocenters. The number of benzene rings is 1. The van der Waals surface area contributed by atoms with E-state index in [1.54, 1.807) is 13.3 Å². The molecule has 0 aliphatic carbocycles. The first-order chi connectivity index (χ1) is 8.85. The highest BCUT2D eigenvalue weighted by atomic mass is 16.5. The van der Waals surface area contributed by atoms with Crippen LogP contribution in [0.1, 0.15) is 12.6 Å². The topological polar surface area (TPSA) is 47.0 Å². The fraction of sp³-hybridized carbons (Fsp3) is 0.286. The van der Waals surface area contributed by atoms with Crippen molar-refractivity contribution in [2.24, 2.45) is 0 Å². The van der Waals surface area contributed by atoms with E-state index in [0.717, 1.165) is 30.1 Å². The van der Waals surface area contributed by atoms with Gasteiger partial charge in [0.1, 0.15) is 5.75 Å². The predicted octanol–water partition coefficient (Wildman–Crippen LogP) is 2.26. The molecule has 0 radical (unpaired) electrons. The van der Waals surface area contributed by atoms with Crippen LogP contribution >= 0.6 is 0 Å². The van der Waals surface area contributed by atoms with Crippen molar-refractivity contribution in [1.29, 1.82) is 0 Å². The zero-order chi connectivity index (χ0) is 12.8. The summed E-state index contributed by atoms with van der Waals surface area (Å²) in [6, 6.07) is 9.69. The van der Waals surface area contributed by atoms with Gasteiger partial charge in [-0.15, -0.1) is 0 Å². The molecular weight excluding hydrogens is 226 g/mol. The maximum atomic E-state index is 5.33. The van der Waals surface area contributed by atoms with E-state index in [-0.39, 0.29) is 0 Å². The van der Waals surface area contributed by atoms with Crippen LogP contribution in [0.3, 0.4) is 0 Å². The number of methoxy groups -OCH3 is 1. The average molecular weight is 243 g/mol. The minimum absolute atomic E-state index is 0.697. The molecule has 18 heavy (non-hydrogen) atoms. The number of hydrogen-bond donors (Lipinski definition) is 1. The van der Waals surface area contributed by atoms with Crippen LogP contribution < -0.4 is 10.1 Å². The number of nitrogens with one attached hydrogen (secondary N) is 1. The van der Waals surface area contributed by atoms with Crippen molar-refractivity contribution >= 4 is 0 Å². The van der Waals surface area contributed by atoms with Crippen LogP contribution in [-0.2, 0) is 6.54 Å². The third-order valence-electron chi connectivity index (χ3n) is 2.62. The lowest BCUT2D eigenvalue weighted by atomic mass is 10.2. The Hall–Kier alpha value is -1.94. The van der Waals surface area contributed by atoms with Crippen LogP contribution in [0.2, 0.25) is 0 Å². The number of hydrogen-bond acceptors (Lipinski definition) is 4. The second kappa shape index (κ2) is 6.12. The molecule has 0 spiro atoms. The van der Waals surface area contributed by atoms with Crippen LogP contribution in [0.4, 0.5) is 0 Å². The fourth-order valence-electron chi connectivity index (χ4n) is 1.71. The maximum Gasteiger partial charge on any atom is 0.163 e. The molecule has 94 valence electrons. The molecule has 0 aliphatic heterocycles. The summed E-state index contributed by atoms with van der Waals surface area (Å²) in [6.45, 7) is 3.75. The van der Waals surface area contributed by atoms with E-state index in [0.29, 0.717) is 5.82 Å². The van der Waals surface area contributed by atoms with Gasteiger partial charge in [-0.05, 0) is 24.7 Å². The van der Waals surface area contributed by atoms with E-state index >= 15 is 0 Å². The van der Waals surface area contributed by atoms with Gasteiger partial charge in [0.15, 0.2) is 5.82 Å². The molecule has 1 N–H and O–H groups in total. The second-order valence-corrected chi connectivity index (χ2v) is 3.85. The molecule has 0 unspecified atom stereocenters. The predicted molar refractivity (Wildman–Crippen MR) is 71.4 cm³/mol. The Morgan fingerprint density at radius 1 is 1.22 bits per heavy atom. The molecule has 1 heterocycles. The summed E-state index contributed by atoms with van der Waals surface area (Å²) in [6.07, 6.45) is 1.78. The van der Waals surface area contributed by atoms with E-state index in [2.05, 4.69) is 22.2 Å². The Labute approximate surface area is 107 Å². The summed E-state index contributed by atoms with van der Waals surface area (Å²) < 4.78 is 5.33. The van der Waals surface area contributed by atoms with Crippen molar-refractivity contribution in [2.75, 3.05) is 13.7 Å². The van der Waals surface area contributed by atoms with Crippen LogP contribution in [0, 0.1) is 0 Å². The number of para-hydroxylation sites is 1. The monoisotopic (exact) mass is 243 g/mol. The van der Waals surface area contributed by atoms with E-state index in [1.165, 1.54) is 0 Å². The molecule has 0 amide bonds. The van der Waals surface area contributed by atoms with Gasteiger partial charge in [0.25, 0.3) is 0 Å². The lowest BCUT2D eigenvalue weighted by molar-refractivity contribution is 0.416. The Morgan fingerprint density at radius 3 is 2.83 bits per heavy atom. The fourth-order valence-corrected chi connectivity index (χ4v) is 1.71. The van der Waals surface area contributed by atoms with Crippen molar-refractivity contribution in [3.05, 3.63) is 42.2 Å². The molecule has 2 aromatic rings. The van der Waals surface area contributed by atoms with E-state index < -0.39 is 0 Å². The zero-order valence-electron chi connectivity index (χ0n) is 10.7. The van der Waals surface area contributed by atoms with Gasteiger partial charge in [0.05, 0.1) is 18.4 Å². The molecule has 4 heteroatoms. The van der Waals surface area contributed by atoms with Gasteiger partial charge in [-0.2, -0.15) is 0 Å². The highest BCUT2D eigenvalue weighted by molar-refractivity contribution is 5.63. The molecule has 0 aliphatic rings. The molecule has 0 fully saturated rings. The first-order valence-electron chi connectivity index (χ1n) is 6.01. The first-order valence-corrected chi connectivity index (χ1v) is 6.01. The van der Waals surface area contributed by atoms with Gasteiger partial charge in [-0.1, -0.05) is 19.1 Å². The third-order valence-corrected chi connectivity index (χ3v) is 2.62. The van der Waals surface area contributed by atoms with Gasteiger partial charge < -0.3 is 10.1 Å². The van der Waals surface area contributed by atoms with Crippen molar-refractivity contribution in [3.63, 3.8) is 0 Å². The molecule has 2 rings (SSSR count). The summed E-state index contributed by atoms with van der Waals surface area (Å²) in [5.74, 6) is 1.49. The Morgan fingerprint density at radius 2 is 2.06 bits per heavy atom. The average Bonchev–Trinajstić information content (AvgIpc) is 2.45. The molecule has 1 aromatic heterocycles. The normalized spacial score (nSPS) is 10.3. The SMILES string of the molecule is CCNCc1ccnc(-c2ccccc2OC)n1. The number of rotatable bonds is 5. The molecule has 1 aromatic carbocycles. The van der Waals surface area contributed by atoms with Crippen LogP contribution in [0.15, 0.2) is 36.5 Å². The van der Waals surface area contributed by atoms with Crippen molar-refractivity contribution in [3.8, 4) is 17.1 Å². The van der Waals surface area contributed by atoms with E-state index in [1.807, 2.05) is 30.3 Å². The van der Waals surface area contributed by atoms with Crippen LogP contribution in [0.5, 0.6) is 5.75 Å². The summed E-state index contributed by atoms with van der Waals surface area (Å²) in [4.78, 5) is 8.84. The largest absolute Gasteiger partial charge is 0.496 e. The molecule has 0 saturated heterocycles. The smallest absolute Gasteiger partial charge is 0.163 e. The van der Waals surface area contributed by atoms with E-state index in [9.17, 15) is 0 Å². The minimum atomic E-state index is 0.697. The quantitative estimate of drug-likeness (QED) is 0.875. The van der Waals surface area contributed by atoms with Crippen LogP contribution in [0.25, 0.3) is 11.4 Å². The lowest BCUT2D eigenvalue weighted by Gasteiger charge is -2.08. The number of ether oxygens (including phenoxy) is 1. The highest BCUT2D eigenvalue weighted by Crippen LogP contribution is 2.26. The number of aromatic nitrogens is 2. The maximum absolute atomic E-state index is 5.33. The Kier molecular flexibility index (Phi) is 4.25. The van der Waals surface area contributed by atoms with E-state index in [4.69, 9.17) is 4.74 Å². The zero-order valence-corrected chi connectivity index (χ0v) is 10.7. The Bertz CT molecular complexity index is 514. The summed E-state index contributed by atoms with van der Waals surface area (Å²) in [5.41, 5.74) is 1.89. The van der Waals surface area contributed by atoms with Gasteiger partial charge in [-0.3, -0.25) is 0 Å². The number of nitrogens with zero attached hydrogens (tertiary/aromatic N) is 2. The summed E-state index contributed by atoms with van der Waals surface area (Å²) >= 11 is 0. The highest BCUT2D eigenvalue weighted by Gasteiger charge is 2.07. The minimum Gasteiger partial charge on any atom is -0.496 e. The van der Waals surface area contributed by atoms with Gasteiger partial charge in [0, 0.05) is 12.7 Å². The third kappa shape index (κ3) is 2.84. The molecule has 0 bridgehead atoms. The Balaban J connectivity index is 2.32. The summed E-state index contributed by atoms with van der Waals surface area (Å²) in [5, 5.41) is 3.25. The van der Waals surface area contributed by atoms with Gasteiger partial charge in [0.2, 0.25) is 0 Å². The van der Waals surface area contributed by atoms with Crippen molar-refractivity contribution in [1.82, 2.24) is 15.3 Å². The van der Waals surface area contributed by atoms with Crippen molar-refractivity contribution < 1.29 is 4.74 Å². The first kappa shape index (κ1) is 12.5. The van der Waals surface area contributed by atoms with Crippen LogP contribution in [-0.4, -0.2) is 23.6 Å². The molecular formula is C14H17N3O. The van der Waals surface area contributed by atoms with Crippen molar-refractivity contribution in [2.45, 2.75) is 13.5 Å². The van der Waals surface area contributed by atoms with Gasteiger partial charge in [-0.25, -0.2) is 9.97 Å². The molecule has 4 nitrogen and oxygen atoms in total. The standard InChI is InChI=1S/C14H17N3O/c1-3-15-10-11-8-9-16-14(17-11)12-6-4-5-7-13(12)18-2/h4-9,15H,3,10H2,1-2H3. The lowest BCUT2D eigenvalue weighted by Crippen LogP contribution is -2.13. The second-order valence-electron chi connectivity index (χ2n) is 3.85. The summed E-state index contributed by atoms with van der Waals surface area (Å²) in [7, 11) is 1.65. The van der Waals surface area contributed by atoms with Gasteiger partial charge >= 0.3 is 0 Å².